The Morgan fingerprint density at radius 1 is 1.64 bits per heavy atom. The van der Waals surface area contributed by atoms with Crippen molar-refractivity contribution in [2.24, 2.45) is 0 Å². The quantitative estimate of drug-likeness (QED) is 0.616. The molecule has 2 heteroatoms. The topological polar surface area (TPSA) is 26.3 Å². The summed E-state index contributed by atoms with van der Waals surface area (Å²) in [6, 6.07) is 0. The van der Waals surface area contributed by atoms with Gasteiger partial charge < -0.3 is 4.74 Å². The summed E-state index contributed by atoms with van der Waals surface area (Å²) >= 11 is 0. The van der Waals surface area contributed by atoms with Gasteiger partial charge in [0.15, 0.2) is 5.78 Å². The molecule has 0 unspecified atom stereocenters. The Morgan fingerprint density at radius 3 is 2.82 bits per heavy atom. The number of carbonyl (C=O) groups is 1. The Hall–Kier alpha value is -1.05. The monoisotopic (exact) mass is 152 g/mol. The largest absolute Gasteiger partial charge is 0.498 e. The number of hydrogen-bond acceptors (Lipinski definition) is 2. The molecule has 0 spiro atoms. The molecule has 1 rings (SSSR count). The number of hydrogen-bond donors (Lipinski definition) is 0. The summed E-state index contributed by atoms with van der Waals surface area (Å²) in [6.45, 7) is 4.19. The summed E-state index contributed by atoms with van der Waals surface area (Å²) < 4.78 is 5.24. The van der Waals surface area contributed by atoms with E-state index < -0.39 is 0 Å². The van der Waals surface area contributed by atoms with Crippen molar-refractivity contribution in [2.75, 3.05) is 6.61 Å². The minimum atomic E-state index is 0.135. The SMILES string of the molecule is CCOC1=CC=C(C(C)=O)C1. The van der Waals surface area contributed by atoms with Crippen LogP contribution in [0.2, 0.25) is 0 Å². The van der Waals surface area contributed by atoms with E-state index >= 15 is 0 Å². The van der Waals surface area contributed by atoms with Crippen molar-refractivity contribution in [2.45, 2.75) is 20.3 Å². The van der Waals surface area contributed by atoms with Gasteiger partial charge in [0.1, 0.15) is 5.76 Å². The first-order valence-corrected chi connectivity index (χ1v) is 3.77. The number of ether oxygens (including phenoxy) is 1. The van der Waals surface area contributed by atoms with Crippen molar-refractivity contribution in [3.05, 3.63) is 23.5 Å². The molecule has 0 heterocycles. The first-order valence-electron chi connectivity index (χ1n) is 3.77. The highest BCUT2D eigenvalue weighted by Gasteiger charge is 2.11. The molecule has 11 heavy (non-hydrogen) atoms. The van der Waals surface area contributed by atoms with Crippen molar-refractivity contribution >= 4 is 5.78 Å². The number of Topliss-reactive ketones (excluding diaryl/α,β-unsaturated/α-hetero) is 1. The summed E-state index contributed by atoms with van der Waals surface area (Å²) in [5.41, 5.74) is 0.841. The van der Waals surface area contributed by atoms with Gasteiger partial charge in [-0.2, -0.15) is 0 Å². The first kappa shape index (κ1) is 8.05. The van der Waals surface area contributed by atoms with Gasteiger partial charge in [-0.1, -0.05) is 6.08 Å². The van der Waals surface area contributed by atoms with E-state index in [4.69, 9.17) is 4.74 Å². The van der Waals surface area contributed by atoms with Crippen LogP contribution in [0, 0.1) is 0 Å². The van der Waals surface area contributed by atoms with Crippen LogP contribution >= 0.6 is 0 Å². The molecule has 0 saturated heterocycles. The minimum Gasteiger partial charge on any atom is -0.498 e. The highest BCUT2D eigenvalue weighted by Crippen LogP contribution is 2.19. The number of carbonyl (C=O) groups excluding carboxylic acids is 1. The predicted octanol–water partition coefficient (Wildman–Crippen LogP) is 1.83. The van der Waals surface area contributed by atoms with E-state index in [1.807, 2.05) is 19.1 Å². The molecule has 0 bridgehead atoms. The van der Waals surface area contributed by atoms with Crippen LogP contribution in [0.3, 0.4) is 0 Å². The Bertz CT molecular complexity index is 224. The maximum atomic E-state index is 10.8. The summed E-state index contributed by atoms with van der Waals surface area (Å²) in [5.74, 6) is 1.04. The van der Waals surface area contributed by atoms with Gasteiger partial charge in [0.05, 0.1) is 6.61 Å². The second kappa shape index (κ2) is 3.37. The van der Waals surface area contributed by atoms with Crippen molar-refractivity contribution in [3.8, 4) is 0 Å². The van der Waals surface area contributed by atoms with Gasteiger partial charge in [0.2, 0.25) is 0 Å². The van der Waals surface area contributed by atoms with E-state index in [1.165, 1.54) is 0 Å². The van der Waals surface area contributed by atoms with Crippen LogP contribution < -0.4 is 0 Å². The van der Waals surface area contributed by atoms with E-state index in [0.29, 0.717) is 13.0 Å². The third-order valence-corrected chi connectivity index (χ3v) is 1.62. The Labute approximate surface area is 66.5 Å². The third-order valence-electron chi connectivity index (χ3n) is 1.62. The summed E-state index contributed by atoms with van der Waals surface area (Å²) in [4.78, 5) is 10.8. The number of rotatable bonds is 3. The van der Waals surface area contributed by atoms with Gasteiger partial charge in [-0.05, 0) is 19.9 Å². The lowest BCUT2D eigenvalue weighted by molar-refractivity contribution is -0.113. The van der Waals surface area contributed by atoms with E-state index in [-0.39, 0.29) is 5.78 Å². The molecular formula is C9H12O2. The highest BCUT2D eigenvalue weighted by molar-refractivity contribution is 5.94. The van der Waals surface area contributed by atoms with Gasteiger partial charge in [0, 0.05) is 12.0 Å². The molecule has 1 aliphatic rings. The molecule has 0 N–H and O–H groups in total. The molecule has 0 aromatic heterocycles. The lowest BCUT2D eigenvalue weighted by atomic mass is 10.1. The average molecular weight is 152 g/mol. The lowest BCUT2D eigenvalue weighted by Crippen LogP contribution is -1.96. The van der Waals surface area contributed by atoms with Crippen LogP contribution in [0.1, 0.15) is 20.3 Å². The summed E-state index contributed by atoms with van der Waals surface area (Å²) in [5, 5.41) is 0. The molecule has 1 aliphatic carbocycles. The predicted molar refractivity (Wildman–Crippen MR) is 43.1 cm³/mol. The molecule has 0 aromatic rings. The lowest BCUT2D eigenvalue weighted by Gasteiger charge is -2.03. The zero-order valence-corrected chi connectivity index (χ0v) is 6.89. The van der Waals surface area contributed by atoms with E-state index in [2.05, 4.69) is 0 Å². The second-order valence-corrected chi connectivity index (χ2v) is 2.49. The van der Waals surface area contributed by atoms with Crippen molar-refractivity contribution in [1.29, 1.82) is 0 Å². The fourth-order valence-electron chi connectivity index (χ4n) is 1.03. The van der Waals surface area contributed by atoms with Gasteiger partial charge in [-0.15, -0.1) is 0 Å². The smallest absolute Gasteiger partial charge is 0.156 e. The average Bonchev–Trinajstić information content (AvgIpc) is 2.37. The molecule has 2 nitrogen and oxygen atoms in total. The van der Waals surface area contributed by atoms with Crippen LogP contribution in [-0.4, -0.2) is 12.4 Å². The Kier molecular flexibility index (Phi) is 2.47. The normalized spacial score (nSPS) is 15.8. The molecule has 0 aromatic carbocycles. The van der Waals surface area contributed by atoms with Gasteiger partial charge in [-0.3, -0.25) is 4.79 Å². The van der Waals surface area contributed by atoms with Crippen LogP contribution in [0.15, 0.2) is 23.5 Å². The third kappa shape index (κ3) is 1.93. The van der Waals surface area contributed by atoms with Gasteiger partial charge in [-0.25, -0.2) is 0 Å². The van der Waals surface area contributed by atoms with E-state index in [1.54, 1.807) is 6.92 Å². The molecule has 0 fully saturated rings. The fourth-order valence-corrected chi connectivity index (χ4v) is 1.03. The van der Waals surface area contributed by atoms with Crippen LogP contribution in [0.5, 0.6) is 0 Å². The van der Waals surface area contributed by atoms with Crippen LogP contribution in [0.4, 0.5) is 0 Å². The summed E-state index contributed by atoms with van der Waals surface area (Å²) in [6.07, 6.45) is 4.36. The molecule has 0 aliphatic heterocycles. The van der Waals surface area contributed by atoms with Crippen LogP contribution in [0.25, 0.3) is 0 Å². The van der Waals surface area contributed by atoms with Crippen molar-refractivity contribution in [1.82, 2.24) is 0 Å². The van der Waals surface area contributed by atoms with Crippen molar-refractivity contribution in [3.63, 3.8) is 0 Å². The fraction of sp³-hybridized carbons (Fsp3) is 0.444. The van der Waals surface area contributed by atoms with E-state index in [9.17, 15) is 4.79 Å². The van der Waals surface area contributed by atoms with Crippen molar-refractivity contribution < 1.29 is 9.53 Å². The Balaban J connectivity index is 2.45. The molecule has 0 amide bonds. The molecular weight excluding hydrogens is 140 g/mol. The molecule has 0 atom stereocenters. The zero-order valence-electron chi connectivity index (χ0n) is 6.89. The zero-order chi connectivity index (χ0) is 8.27. The Morgan fingerprint density at radius 2 is 2.36 bits per heavy atom. The van der Waals surface area contributed by atoms with Gasteiger partial charge >= 0.3 is 0 Å². The minimum absolute atomic E-state index is 0.135. The first-order chi connectivity index (χ1) is 5.24. The molecule has 0 saturated carbocycles. The van der Waals surface area contributed by atoms with Gasteiger partial charge in [0.25, 0.3) is 0 Å². The highest BCUT2D eigenvalue weighted by atomic mass is 16.5. The van der Waals surface area contributed by atoms with E-state index in [0.717, 1.165) is 11.3 Å². The second-order valence-electron chi connectivity index (χ2n) is 2.49. The number of allylic oxidation sites excluding steroid dienone is 3. The maximum Gasteiger partial charge on any atom is 0.156 e. The molecule has 0 radical (unpaired) electrons. The standard InChI is InChI=1S/C9H12O2/c1-3-11-9-5-4-8(6-9)7(2)10/h4-5H,3,6H2,1-2H3. The molecule has 60 valence electrons. The summed E-state index contributed by atoms with van der Waals surface area (Å²) in [7, 11) is 0. The maximum absolute atomic E-state index is 10.8. The van der Waals surface area contributed by atoms with Crippen LogP contribution in [-0.2, 0) is 9.53 Å². The number of ketones is 1.